The van der Waals surface area contributed by atoms with E-state index in [1.807, 2.05) is 19.2 Å². The first kappa shape index (κ1) is 14.2. The maximum absolute atomic E-state index is 11.4. The van der Waals surface area contributed by atoms with Crippen LogP contribution in [0.4, 0.5) is 0 Å². The minimum absolute atomic E-state index is 0.0847. The van der Waals surface area contributed by atoms with E-state index < -0.39 is 9.84 Å². The molecule has 4 heteroatoms. The summed E-state index contributed by atoms with van der Waals surface area (Å²) < 4.78 is 22.7. The van der Waals surface area contributed by atoms with Gasteiger partial charge >= 0.3 is 0 Å². The van der Waals surface area contributed by atoms with Crippen molar-refractivity contribution in [1.82, 2.24) is 5.32 Å². The number of rotatable bonds is 3. The highest BCUT2D eigenvalue weighted by Crippen LogP contribution is 2.32. The van der Waals surface area contributed by atoms with Crippen LogP contribution in [0.5, 0.6) is 0 Å². The highest BCUT2D eigenvalue weighted by atomic mass is 32.2. The molecule has 0 fully saturated rings. The molecule has 0 aromatic heterocycles. The Bertz CT molecular complexity index is 469. The number of sulfone groups is 1. The Morgan fingerprint density at radius 1 is 1.12 bits per heavy atom. The van der Waals surface area contributed by atoms with E-state index in [1.165, 1.54) is 6.26 Å². The number of hydrogen-bond acceptors (Lipinski definition) is 3. The Morgan fingerprint density at radius 3 is 1.88 bits per heavy atom. The smallest absolute Gasteiger partial charge is 0.175 e. The van der Waals surface area contributed by atoms with Crippen LogP contribution in [-0.2, 0) is 9.84 Å². The maximum Gasteiger partial charge on any atom is 0.175 e. The molecule has 1 rings (SSSR count). The first-order valence-corrected chi connectivity index (χ1v) is 7.52. The lowest BCUT2D eigenvalue weighted by Crippen LogP contribution is -2.29. The van der Waals surface area contributed by atoms with Crippen molar-refractivity contribution in [3.63, 3.8) is 0 Å². The van der Waals surface area contributed by atoms with Gasteiger partial charge < -0.3 is 5.32 Å². The largest absolute Gasteiger partial charge is 0.313 e. The first-order valence-electron chi connectivity index (χ1n) is 5.63. The van der Waals surface area contributed by atoms with Crippen LogP contribution in [0.1, 0.15) is 32.4 Å². The van der Waals surface area contributed by atoms with Gasteiger partial charge in [-0.1, -0.05) is 32.9 Å². The Labute approximate surface area is 104 Å². The molecule has 0 bridgehead atoms. The van der Waals surface area contributed by atoms with Crippen LogP contribution in [0, 0.1) is 5.41 Å². The van der Waals surface area contributed by atoms with E-state index in [0.29, 0.717) is 4.90 Å². The molecule has 17 heavy (non-hydrogen) atoms. The average Bonchev–Trinajstić information content (AvgIpc) is 2.16. The molecule has 1 atom stereocenters. The van der Waals surface area contributed by atoms with Gasteiger partial charge in [0, 0.05) is 12.3 Å². The van der Waals surface area contributed by atoms with Crippen molar-refractivity contribution < 1.29 is 8.42 Å². The molecule has 0 saturated heterocycles. The summed E-state index contributed by atoms with van der Waals surface area (Å²) in [6, 6.07) is 7.30. The molecule has 1 aromatic carbocycles. The van der Waals surface area contributed by atoms with E-state index in [-0.39, 0.29) is 11.5 Å². The normalized spacial score (nSPS) is 14.6. The summed E-state index contributed by atoms with van der Waals surface area (Å²) in [6.45, 7) is 6.45. The van der Waals surface area contributed by atoms with Gasteiger partial charge in [-0.15, -0.1) is 0 Å². The zero-order valence-corrected chi connectivity index (χ0v) is 11.9. The topological polar surface area (TPSA) is 46.2 Å². The van der Waals surface area contributed by atoms with Gasteiger partial charge in [0.15, 0.2) is 9.84 Å². The molecule has 0 spiro atoms. The lowest BCUT2D eigenvalue weighted by Gasteiger charge is -2.30. The molecule has 1 aromatic rings. The van der Waals surface area contributed by atoms with Crippen LogP contribution in [0.15, 0.2) is 29.2 Å². The van der Waals surface area contributed by atoms with Gasteiger partial charge in [-0.2, -0.15) is 0 Å². The fourth-order valence-corrected chi connectivity index (χ4v) is 2.64. The molecule has 0 saturated carbocycles. The third-order valence-electron chi connectivity index (χ3n) is 2.80. The summed E-state index contributed by atoms with van der Waals surface area (Å²) >= 11 is 0. The third kappa shape index (κ3) is 3.54. The molecule has 3 nitrogen and oxygen atoms in total. The van der Waals surface area contributed by atoms with Gasteiger partial charge in [0.05, 0.1) is 4.90 Å². The number of hydrogen-bond donors (Lipinski definition) is 1. The SMILES string of the molecule is CNC(c1ccc(S(C)(=O)=O)cc1)C(C)(C)C. The predicted octanol–water partition coefficient (Wildman–Crippen LogP) is 2.40. The first-order chi connectivity index (χ1) is 7.66. The molecule has 0 aliphatic carbocycles. The minimum atomic E-state index is -3.11. The van der Waals surface area contributed by atoms with Gasteiger partial charge in [0.1, 0.15) is 0 Å². The fourth-order valence-electron chi connectivity index (χ4n) is 2.01. The van der Waals surface area contributed by atoms with E-state index in [2.05, 4.69) is 26.1 Å². The van der Waals surface area contributed by atoms with Crippen molar-refractivity contribution in [1.29, 1.82) is 0 Å². The van der Waals surface area contributed by atoms with Crippen LogP contribution in [-0.4, -0.2) is 21.7 Å². The van der Waals surface area contributed by atoms with Crippen molar-refractivity contribution in [3.05, 3.63) is 29.8 Å². The van der Waals surface area contributed by atoms with Gasteiger partial charge in [-0.05, 0) is 30.2 Å². The fraction of sp³-hybridized carbons (Fsp3) is 0.538. The monoisotopic (exact) mass is 255 g/mol. The van der Waals surface area contributed by atoms with E-state index in [9.17, 15) is 8.42 Å². The second-order valence-electron chi connectivity index (χ2n) is 5.43. The highest BCUT2D eigenvalue weighted by Gasteiger charge is 2.24. The summed E-state index contributed by atoms with van der Waals surface area (Å²) in [4.78, 5) is 0.366. The zero-order valence-electron chi connectivity index (χ0n) is 11.1. The standard InChI is InChI=1S/C13H21NO2S/c1-13(2,3)12(14-4)10-6-8-11(9-7-10)17(5,15)16/h6-9,12,14H,1-5H3. The molecule has 0 radical (unpaired) electrons. The minimum Gasteiger partial charge on any atom is -0.313 e. The molecule has 0 aliphatic heterocycles. The van der Waals surface area contributed by atoms with Gasteiger partial charge in [-0.3, -0.25) is 0 Å². The molecular weight excluding hydrogens is 234 g/mol. The molecule has 1 unspecified atom stereocenters. The van der Waals surface area contributed by atoms with Crippen molar-refractivity contribution in [2.24, 2.45) is 5.41 Å². The second-order valence-corrected chi connectivity index (χ2v) is 7.44. The van der Waals surface area contributed by atoms with E-state index in [4.69, 9.17) is 0 Å². The highest BCUT2D eigenvalue weighted by molar-refractivity contribution is 7.90. The van der Waals surface area contributed by atoms with Crippen LogP contribution in [0.3, 0.4) is 0 Å². The molecule has 0 aliphatic rings. The molecule has 1 N–H and O–H groups in total. The van der Waals surface area contributed by atoms with Crippen molar-refractivity contribution in [3.8, 4) is 0 Å². The lowest BCUT2D eigenvalue weighted by molar-refractivity contribution is 0.287. The molecule has 0 amide bonds. The molecule has 0 heterocycles. The quantitative estimate of drug-likeness (QED) is 0.902. The number of benzene rings is 1. The Balaban J connectivity index is 3.10. The average molecular weight is 255 g/mol. The van der Waals surface area contributed by atoms with E-state index in [0.717, 1.165) is 5.56 Å². The second kappa shape index (κ2) is 4.78. The third-order valence-corrected chi connectivity index (χ3v) is 3.92. The molecular formula is C13H21NO2S. The summed E-state index contributed by atoms with van der Waals surface area (Å²) in [7, 11) is -1.19. The Hall–Kier alpha value is -0.870. The van der Waals surface area contributed by atoms with Crippen LogP contribution in [0.25, 0.3) is 0 Å². The summed E-state index contributed by atoms with van der Waals surface area (Å²) in [5.41, 5.74) is 1.19. The van der Waals surface area contributed by atoms with E-state index >= 15 is 0 Å². The van der Waals surface area contributed by atoms with Crippen LogP contribution >= 0.6 is 0 Å². The Kier molecular flexibility index (Phi) is 3.99. The molecule has 96 valence electrons. The Morgan fingerprint density at radius 2 is 1.59 bits per heavy atom. The zero-order chi connectivity index (χ0) is 13.3. The maximum atomic E-state index is 11.4. The van der Waals surface area contributed by atoms with E-state index in [1.54, 1.807) is 12.1 Å². The van der Waals surface area contributed by atoms with Crippen LogP contribution in [0.2, 0.25) is 0 Å². The summed E-state index contributed by atoms with van der Waals surface area (Å²) in [5, 5.41) is 3.27. The van der Waals surface area contributed by atoms with Gasteiger partial charge in [-0.25, -0.2) is 8.42 Å². The summed E-state index contributed by atoms with van der Waals surface area (Å²) in [5.74, 6) is 0. The predicted molar refractivity (Wildman–Crippen MR) is 70.8 cm³/mol. The van der Waals surface area contributed by atoms with Crippen LogP contribution < -0.4 is 5.32 Å². The summed E-state index contributed by atoms with van der Waals surface area (Å²) in [6.07, 6.45) is 1.22. The van der Waals surface area contributed by atoms with Gasteiger partial charge in [0.2, 0.25) is 0 Å². The van der Waals surface area contributed by atoms with Crippen molar-refractivity contribution >= 4 is 9.84 Å². The van der Waals surface area contributed by atoms with Crippen molar-refractivity contribution in [2.75, 3.05) is 13.3 Å². The number of nitrogens with one attached hydrogen (secondary N) is 1. The van der Waals surface area contributed by atoms with Gasteiger partial charge in [0.25, 0.3) is 0 Å². The lowest BCUT2D eigenvalue weighted by atomic mass is 9.82. The van der Waals surface area contributed by atoms with Crippen molar-refractivity contribution in [2.45, 2.75) is 31.7 Å².